The van der Waals surface area contributed by atoms with Crippen molar-refractivity contribution in [3.63, 3.8) is 0 Å². The number of methoxy groups -OCH3 is 1. The highest BCUT2D eigenvalue weighted by Gasteiger charge is 1.95. The average molecular weight is 305 g/mol. The van der Waals surface area contributed by atoms with Crippen molar-refractivity contribution in [2.45, 2.75) is 0 Å². The van der Waals surface area contributed by atoms with Crippen molar-refractivity contribution in [1.29, 1.82) is 0 Å². The van der Waals surface area contributed by atoms with Gasteiger partial charge in [-0.1, -0.05) is 29.8 Å². The standard InChI is InChI=1S/C12H15BrClNO/c1-16-8-7-15-6-2-3-10-4-5-12(14)11(13)9-10/h2-5,9,15H,6-8H2,1H3/b3-2+. The number of halogens is 2. The molecular weight excluding hydrogens is 289 g/mol. The van der Waals surface area contributed by atoms with E-state index in [1.165, 1.54) is 0 Å². The Balaban J connectivity index is 2.35. The van der Waals surface area contributed by atoms with Crippen LogP contribution >= 0.6 is 27.5 Å². The van der Waals surface area contributed by atoms with Crippen molar-refractivity contribution in [2.75, 3.05) is 26.8 Å². The summed E-state index contributed by atoms with van der Waals surface area (Å²) in [6, 6.07) is 5.86. The van der Waals surface area contributed by atoms with Crippen molar-refractivity contribution < 1.29 is 4.74 Å². The van der Waals surface area contributed by atoms with E-state index in [0.29, 0.717) is 0 Å². The number of rotatable bonds is 6. The predicted molar refractivity (Wildman–Crippen MR) is 72.9 cm³/mol. The molecule has 1 rings (SSSR count). The quantitative estimate of drug-likeness (QED) is 0.814. The fraction of sp³-hybridized carbons (Fsp3) is 0.333. The van der Waals surface area contributed by atoms with Gasteiger partial charge in [-0.25, -0.2) is 0 Å². The molecule has 1 aromatic rings. The van der Waals surface area contributed by atoms with Crippen LogP contribution in [0.1, 0.15) is 5.56 Å². The number of ether oxygens (including phenoxy) is 1. The van der Waals surface area contributed by atoms with E-state index in [-0.39, 0.29) is 0 Å². The van der Waals surface area contributed by atoms with Gasteiger partial charge in [-0.05, 0) is 33.6 Å². The Kier molecular flexibility index (Phi) is 6.73. The summed E-state index contributed by atoms with van der Waals surface area (Å²) in [4.78, 5) is 0. The summed E-state index contributed by atoms with van der Waals surface area (Å²) in [6.07, 6.45) is 4.13. The van der Waals surface area contributed by atoms with Crippen LogP contribution in [0.3, 0.4) is 0 Å². The molecular formula is C12H15BrClNO. The topological polar surface area (TPSA) is 21.3 Å². The fourth-order valence-corrected chi connectivity index (χ4v) is 1.68. The van der Waals surface area contributed by atoms with Gasteiger partial charge in [0.15, 0.2) is 0 Å². The van der Waals surface area contributed by atoms with E-state index in [1.54, 1.807) is 7.11 Å². The molecule has 16 heavy (non-hydrogen) atoms. The van der Waals surface area contributed by atoms with Crippen LogP contribution in [0.15, 0.2) is 28.7 Å². The fourth-order valence-electron chi connectivity index (χ4n) is 1.17. The van der Waals surface area contributed by atoms with Crippen LogP contribution in [-0.4, -0.2) is 26.8 Å². The molecule has 0 atom stereocenters. The zero-order valence-electron chi connectivity index (χ0n) is 9.17. The maximum Gasteiger partial charge on any atom is 0.0587 e. The molecule has 0 spiro atoms. The summed E-state index contributed by atoms with van der Waals surface area (Å²) in [5, 5.41) is 3.96. The molecule has 0 fully saturated rings. The molecule has 0 amide bonds. The molecule has 88 valence electrons. The molecule has 0 heterocycles. The van der Waals surface area contributed by atoms with E-state index in [0.717, 1.165) is 34.8 Å². The minimum atomic E-state index is 0.732. The molecule has 2 nitrogen and oxygen atoms in total. The predicted octanol–water partition coefficient (Wildman–Crippen LogP) is 3.35. The summed E-state index contributed by atoms with van der Waals surface area (Å²) in [5.41, 5.74) is 1.13. The van der Waals surface area contributed by atoms with Gasteiger partial charge >= 0.3 is 0 Å². The first-order valence-electron chi connectivity index (χ1n) is 5.05. The summed E-state index contributed by atoms with van der Waals surface area (Å²) in [7, 11) is 1.70. The highest BCUT2D eigenvalue weighted by molar-refractivity contribution is 9.10. The number of benzene rings is 1. The van der Waals surface area contributed by atoms with E-state index < -0.39 is 0 Å². The molecule has 0 saturated carbocycles. The number of hydrogen-bond donors (Lipinski definition) is 1. The van der Waals surface area contributed by atoms with Crippen LogP contribution in [0.2, 0.25) is 5.02 Å². The first kappa shape index (κ1) is 13.7. The Labute approximate surface area is 110 Å². The van der Waals surface area contributed by atoms with Gasteiger partial charge in [-0.15, -0.1) is 0 Å². The van der Waals surface area contributed by atoms with Crippen LogP contribution < -0.4 is 5.32 Å². The second kappa shape index (κ2) is 7.85. The van der Waals surface area contributed by atoms with E-state index >= 15 is 0 Å². The highest BCUT2D eigenvalue weighted by atomic mass is 79.9. The van der Waals surface area contributed by atoms with Crippen LogP contribution in [0.5, 0.6) is 0 Å². The zero-order valence-corrected chi connectivity index (χ0v) is 11.5. The molecule has 0 aromatic heterocycles. The lowest BCUT2D eigenvalue weighted by Crippen LogP contribution is -2.18. The maximum absolute atomic E-state index is 5.90. The largest absolute Gasteiger partial charge is 0.383 e. The third kappa shape index (κ3) is 5.12. The van der Waals surface area contributed by atoms with Crippen LogP contribution in [0.25, 0.3) is 6.08 Å². The van der Waals surface area contributed by atoms with Gasteiger partial charge in [0.2, 0.25) is 0 Å². The molecule has 0 aliphatic carbocycles. The smallest absolute Gasteiger partial charge is 0.0587 e. The third-order valence-electron chi connectivity index (χ3n) is 2.00. The lowest BCUT2D eigenvalue weighted by molar-refractivity contribution is 0.200. The molecule has 0 radical (unpaired) electrons. The second-order valence-corrected chi connectivity index (χ2v) is 4.53. The Morgan fingerprint density at radius 2 is 2.31 bits per heavy atom. The summed E-state index contributed by atoms with van der Waals surface area (Å²) < 4.78 is 5.85. The van der Waals surface area contributed by atoms with E-state index in [4.69, 9.17) is 16.3 Å². The summed E-state index contributed by atoms with van der Waals surface area (Å²) >= 11 is 9.29. The van der Waals surface area contributed by atoms with Gasteiger partial charge in [0, 0.05) is 24.7 Å². The summed E-state index contributed by atoms with van der Waals surface area (Å²) in [5.74, 6) is 0. The monoisotopic (exact) mass is 303 g/mol. The van der Waals surface area contributed by atoms with Gasteiger partial charge in [-0.3, -0.25) is 0 Å². The molecule has 0 aliphatic heterocycles. The molecule has 1 N–H and O–H groups in total. The Morgan fingerprint density at radius 3 is 3.00 bits per heavy atom. The minimum absolute atomic E-state index is 0.732. The second-order valence-electron chi connectivity index (χ2n) is 3.27. The molecule has 4 heteroatoms. The highest BCUT2D eigenvalue weighted by Crippen LogP contribution is 2.23. The van der Waals surface area contributed by atoms with Gasteiger partial charge in [0.05, 0.1) is 11.6 Å². The molecule has 0 aliphatic rings. The van der Waals surface area contributed by atoms with Crippen LogP contribution in [0, 0.1) is 0 Å². The Hall–Kier alpha value is -0.350. The van der Waals surface area contributed by atoms with Crippen molar-refractivity contribution in [2.24, 2.45) is 0 Å². The van der Waals surface area contributed by atoms with Crippen molar-refractivity contribution in [3.05, 3.63) is 39.3 Å². The Bertz CT molecular complexity index is 355. The van der Waals surface area contributed by atoms with Crippen molar-refractivity contribution in [3.8, 4) is 0 Å². The Morgan fingerprint density at radius 1 is 1.50 bits per heavy atom. The van der Waals surface area contributed by atoms with Gasteiger partial charge in [0.25, 0.3) is 0 Å². The lowest BCUT2D eigenvalue weighted by atomic mass is 10.2. The van der Waals surface area contributed by atoms with Crippen LogP contribution in [0.4, 0.5) is 0 Å². The third-order valence-corrected chi connectivity index (χ3v) is 3.21. The van der Waals surface area contributed by atoms with E-state index in [2.05, 4.69) is 33.4 Å². The maximum atomic E-state index is 5.90. The van der Waals surface area contributed by atoms with Gasteiger partial charge < -0.3 is 10.1 Å². The molecule has 0 unspecified atom stereocenters. The van der Waals surface area contributed by atoms with E-state index in [9.17, 15) is 0 Å². The van der Waals surface area contributed by atoms with Gasteiger partial charge in [-0.2, -0.15) is 0 Å². The summed E-state index contributed by atoms with van der Waals surface area (Å²) in [6.45, 7) is 2.44. The molecule has 0 saturated heterocycles. The first-order chi connectivity index (χ1) is 7.74. The SMILES string of the molecule is COCCNC/C=C/c1ccc(Cl)c(Br)c1. The molecule has 0 bridgehead atoms. The van der Waals surface area contributed by atoms with E-state index in [1.807, 2.05) is 18.2 Å². The minimum Gasteiger partial charge on any atom is -0.383 e. The lowest BCUT2D eigenvalue weighted by Gasteiger charge is -2.00. The van der Waals surface area contributed by atoms with Crippen molar-refractivity contribution in [1.82, 2.24) is 5.32 Å². The zero-order chi connectivity index (χ0) is 11.8. The number of nitrogens with one attached hydrogen (secondary N) is 1. The van der Waals surface area contributed by atoms with Gasteiger partial charge in [0.1, 0.15) is 0 Å². The average Bonchev–Trinajstić information content (AvgIpc) is 2.28. The molecule has 1 aromatic carbocycles. The van der Waals surface area contributed by atoms with Crippen molar-refractivity contribution >= 4 is 33.6 Å². The normalized spacial score (nSPS) is 11.2. The number of hydrogen-bond acceptors (Lipinski definition) is 2. The first-order valence-corrected chi connectivity index (χ1v) is 6.22. The van der Waals surface area contributed by atoms with Crippen LogP contribution in [-0.2, 0) is 4.74 Å².